The van der Waals surface area contributed by atoms with Gasteiger partial charge < -0.3 is 4.74 Å². The fourth-order valence-corrected chi connectivity index (χ4v) is 1.13. The monoisotopic (exact) mass is 219 g/mol. The molecule has 0 amide bonds. The van der Waals surface area contributed by atoms with Crippen LogP contribution in [0.5, 0.6) is 0 Å². The summed E-state index contributed by atoms with van der Waals surface area (Å²) in [6, 6.07) is 6.49. The number of hydrogen-bond acceptors (Lipinski definition) is 4. The SMILES string of the molecule is CC(C)(C)OC(=O)c1ccccc1N=C=O. The third kappa shape index (κ3) is 3.33. The summed E-state index contributed by atoms with van der Waals surface area (Å²) >= 11 is 0. The van der Waals surface area contributed by atoms with Crippen molar-refractivity contribution < 1.29 is 14.3 Å². The molecule has 1 aromatic carbocycles. The molecule has 4 nitrogen and oxygen atoms in total. The topological polar surface area (TPSA) is 55.7 Å². The Balaban J connectivity index is 3.04. The molecular weight excluding hydrogens is 206 g/mol. The van der Waals surface area contributed by atoms with Crippen LogP contribution in [0.1, 0.15) is 31.1 Å². The van der Waals surface area contributed by atoms with Crippen LogP contribution in [0.3, 0.4) is 0 Å². The molecular formula is C12H13NO3. The molecule has 1 rings (SSSR count). The molecule has 84 valence electrons. The molecule has 0 atom stereocenters. The zero-order valence-corrected chi connectivity index (χ0v) is 9.48. The van der Waals surface area contributed by atoms with Crippen LogP contribution in [0, 0.1) is 0 Å². The minimum absolute atomic E-state index is 0.265. The van der Waals surface area contributed by atoms with Crippen molar-refractivity contribution in [3.8, 4) is 0 Å². The van der Waals surface area contributed by atoms with E-state index in [1.54, 1.807) is 45.0 Å². The number of esters is 1. The molecule has 0 radical (unpaired) electrons. The normalized spacial score (nSPS) is 10.4. The number of isocyanates is 1. The van der Waals surface area contributed by atoms with Crippen molar-refractivity contribution in [2.45, 2.75) is 26.4 Å². The number of carbonyl (C=O) groups is 1. The van der Waals surface area contributed by atoms with E-state index in [1.807, 2.05) is 0 Å². The summed E-state index contributed by atoms with van der Waals surface area (Å²) in [6.45, 7) is 5.32. The number of ether oxygens (including phenoxy) is 1. The van der Waals surface area contributed by atoms with Crippen LogP contribution in [0.2, 0.25) is 0 Å². The zero-order valence-electron chi connectivity index (χ0n) is 9.48. The number of rotatable bonds is 2. The maximum atomic E-state index is 11.7. The Morgan fingerprint density at radius 2 is 1.94 bits per heavy atom. The van der Waals surface area contributed by atoms with Crippen molar-refractivity contribution in [1.82, 2.24) is 0 Å². The van der Waals surface area contributed by atoms with Crippen LogP contribution < -0.4 is 0 Å². The second kappa shape index (κ2) is 4.73. The van der Waals surface area contributed by atoms with Crippen molar-refractivity contribution in [3.63, 3.8) is 0 Å². The van der Waals surface area contributed by atoms with Gasteiger partial charge in [0.15, 0.2) is 0 Å². The first-order chi connectivity index (χ1) is 7.44. The van der Waals surface area contributed by atoms with Crippen LogP contribution in [0.4, 0.5) is 5.69 Å². The van der Waals surface area contributed by atoms with E-state index in [0.29, 0.717) is 0 Å². The lowest BCUT2D eigenvalue weighted by molar-refractivity contribution is 0.00706. The molecule has 4 heteroatoms. The van der Waals surface area contributed by atoms with Crippen LogP contribution in [-0.4, -0.2) is 17.7 Å². The number of benzene rings is 1. The Bertz CT molecular complexity index is 440. The van der Waals surface area contributed by atoms with Crippen LogP contribution in [0.15, 0.2) is 29.3 Å². The van der Waals surface area contributed by atoms with E-state index < -0.39 is 11.6 Å². The lowest BCUT2D eigenvalue weighted by Crippen LogP contribution is -2.23. The van der Waals surface area contributed by atoms with Crippen LogP contribution in [-0.2, 0) is 9.53 Å². The second-order valence-electron chi connectivity index (χ2n) is 4.22. The van der Waals surface area contributed by atoms with Gasteiger partial charge in [-0.15, -0.1) is 0 Å². The maximum absolute atomic E-state index is 11.7. The van der Waals surface area contributed by atoms with Gasteiger partial charge in [0.1, 0.15) is 5.60 Å². The van der Waals surface area contributed by atoms with Gasteiger partial charge in [0, 0.05) is 0 Å². The van der Waals surface area contributed by atoms with E-state index in [1.165, 1.54) is 6.08 Å². The molecule has 0 saturated carbocycles. The largest absolute Gasteiger partial charge is 0.456 e. The Kier molecular flexibility index (Phi) is 3.59. The molecule has 0 N–H and O–H groups in total. The predicted octanol–water partition coefficient (Wildman–Crippen LogP) is 2.61. The first-order valence-electron chi connectivity index (χ1n) is 4.84. The van der Waals surface area contributed by atoms with E-state index in [2.05, 4.69) is 4.99 Å². The number of carbonyl (C=O) groups excluding carboxylic acids is 2. The number of para-hydroxylation sites is 1. The van der Waals surface area contributed by atoms with Crippen molar-refractivity contribution in [2.24, 2.45) is 4.99 Å². The van der Waals surface area contributed by atoms with Crippen molar-refractivity contribution >= 4 is 17.7 Å². The summed E-state index contributed by atoms with van der Waals surface area (Å²) < 4.78 is 5.18. The third-order valence-corrected chi connectivity index (χ3v) is 1.69. The quantitative estimate of drug-likeness (QED) is 0.436. The fraction of sp³-hybridized carbons (Fsp3) is 0.333. The summed E-state index contributed by atoms with van der Waals surface area (Å²) in [6.07, 6.45) is 1.41. The van der Waals surface area contributed by atoms with Crippen molar-refractivity contribution in [1.29, 1.82) is 0 Å². The average molecular weight is 219 g/mol. The second-order valence-corrected chi connectivity index (χ2v) is 4.22. The van der Waals surface area contributed by atoms with E-state index in [-0.39, 0.29) is 11.3 Å². The fourth-order valence-electron chi connectivity index (χ4n) is 1.13. The molecule has 0 unspecified atom stereocenters. The summed E-state index contributed by atoms with van der Waals surface area (Å²) in [5.41, 5.74) is -0.0396. The number of aliphatic imine (C=N–C) groups is 1. The molecule has 0 aliphatic rings. The van der Waals surface area contributed by atoms with Gasteiger partial charge in [0.05, 0.1) is 11.3 Å². The van der Waals surface area contributed by atoms with Crippen LogP contribution >= 0.6 is 0 Å². The van der Waals surface area contributed by atoms with Gasteiger partial charge >= 0.3 is 5.97 Å². The molecule has 0 spiro atoms. The molecule has 16 heavy (non-hydrogen) atoms. The summed E-state index contributed by atoms with van der Waals surface area (Å²) in [5.74, 6) is -0.498. The van der Waals surface area contributed by atoms with Gasteiger partial charge in [-0.3, -0.25) is 0 Å². The Hall–Kier alpha value is -1.93. The molecule has 0 aliphatic heterocycles. The highest BCUT2D eigenvalue weighted by Gasteiger charge is 2.19. The molecule has 0 bridgehead atoms. The lowest BCUT2D eigenvalue weighted by Gasteiger charge is -2.19. The first kappa shape index (κ1) is 12.1. The summed E-state index contributed by atoms with van der Waals surface area (Å²) in [5, 5.41) is 0. The average Bonchev–Trinajstić information content (AvgIpc) is 2.16. The Labute approximate surface area is 94.0 Å². The first-order valence-corrected chi connectivity index (χ1v) is 4.84. The van der Waals surface area contributed by atoms with Crippen LogP contribution in [0.25, 0.3) is 0 Å². The molecule has 1 aromatic rings. The Morgan fingerprint density at radius 3 is 2.50 bits per heavy atom. The smallest absolute Gasteiger partial charge is 0.340 e. The molecule has 0 fully saturated rings. The lowest BCUT2D eigenvalue weighted by atomic mass is 10.1. The van der Waals surface area contributed by atoms with E-state index in [9.17, 15) is 9.59 Å². The van der Waals surface area contributed by atoms with E-state index in [0.717, 1.165) is 0 Å². The van der Waals surface area contributed by atoms with Gasteiger partial charge in [-0.05, 0) is 32.9 Å². The molecule has 0 saturated heterocycles. The van der Waals surface area contributed by atoms with Gasteiger partial charge in [0.2, 0.25) is 6.08 Å². The summed E-state index contributed by atoms with van der Waals surface area (Å²) in [4.78, 5) is 25.4. The maximum Gasteiger partial charge on any atom is 0.340 e. The van der Waals surface area contributed by atoms with E-state index >= 15 is 0 Å². The highest BCUT2D eigenvalue weighted by Crippen LogP contribution is 2.21. The minimum Gasteiger partial charge on any atom is -0.456 e. The van der Waals surface area contributed by atoms with Gasteiger partial charge in [-0.25, -0.2) is 9.59 Å². The number of nitrogens with zero attached hydrogens (tertiary/aromatic N) is 1. The van der Waals surface area contributed by atoms with Gasteiger partial charge in [0.25, 0.3) is 0 Å². The van der Waals surface area contributed by atoms with Gasteiger partial charge in [-0.1, -0.05) is 12.1 Å². The predicted molar refractivity (Wildman–Crippen MR) is 59.4 cm³/mol. The van der Waals surface area contributed by atoms with Gasteiger partial charge in [-0.2, -0.15) is 4.99 Å². The molecule has 0 heterocycles. The third-order valence-electron chi connectivity index (χ3n) is 1.69. The highest BCUT2D eigenvalue weighted by molar-refractivity contribution is 5.95. The number of hydrogen-bond donors (Lipinski definition) is 0. The zero-order chi connectivity index (χ0) is 12.2. The Morgan fingerprint density at radius 1 is 1.31 bits per heavy atom. The molecule has 0 aromatic heterocycles. The van der Waals surface area contributed by atoms with Crippen molar-refractivity contribution in [3.05, 3.63) is 29.8 Å². The molecule has 0 aliphatic carbocycles. The minimum atomic E-state index is -0.574. The van der Waals surface area contributed by atoms with Crippen molar-refractivity contribution in [2.75, 3.05) is 0 Å². The standard InChI is InChI=1S/C12H13NO3/c1-12(2,3)16-11(15)9-6-4-5-7-10(9)13-8-14/h4-7H,1-3H3. The van der Waals surface area contributed by atoms with E-state index in [4.69, 9.17) is 4.74 Å². The highest BCUT2D eigenvalue weighted by atomic mass is 16.6. The summed E-state index contributed by atoms with van der Waals surface area (Å²) in [7, 11) is 0.